The van der Waals surface area contributed by atoms with Crippen molar-refractivity contribution in [3.8, 4) is 0 Å². The van der Waals surface area contributed by atoms with Crippen molar-refractivity contribution in [2.24, 2.45) is 0 Å². The highest BCUT2D eigenvalue weighted by atomic mass is 31.1. The van der Waals surface area contributed by atoms with Crippen molar-refractivity contribution in [3.63, 3.8) is 0 Å². The zero-order valence-corrected chi connectivity index (χ0v) is 10.8. The molecule has 0 aliphatic heterocycles. The lowest BCUT2D eigenvalue weighted by atomic mass is 10.1. The fraction of sp³-hybridized carbons (Fsp3) is 0.385. The molecule has 0 saturated carbocycles. The Hall–Kier alpha value is -0.810. The van der Waals surface area contributed by atoms with Gasteiger partial charge in [0.25, 0.3) is 0 Å². The average Bonchev–Trinajstić information content (AvgIpc) is 2.56. The van der Waals surface area contributed by atoms with E-state index in [9.17, 15) is 0 Å². The summed E-state index contributed by atoms with van der Waals surface area (Å²) >= 11 is 0. The van der Waals surface area contributed by atoms with Crippen molar-refractivity contribution in [1.29, 1.82) is 0 Å². The predicted molar refractivity (Wildman–Crippen MR) is 69.5 cm³/mol. The van der Waals surface area contributed by atoms with Gasteiger partial charge < -0.3 is 4.90 Å². The first-order valence-electron chi connectivity index (χ1n) is 5.27. The van der Waals surface area contributed by atoms with Crippen LogP contribution in [0.3, 0.4) is 0 Å². The lowest BCUT2D eigenvalue weighted by Gasteiger charge is -2.19. The van der Waals surface area contributed by atoms with Crippen LogP contribution >= 0.6 is 7.92 Å². The molecule has 0 heterocycles. The van der Waals surface area contributed by atoms with E-state index in [2.05, 4.69) is 56.6 Å². The molecular formula is C13H18NP. The lowest BCUT2D eigenvalue weighted by Crippen LogP contribution is -2.11. The molecular weight excluding hydrogens is 201 g/mol. The van der Waals surface area contributed by atoms with Crippen molar-refractivity contribution in [1.82, 2.24) is 4.90 Å². The summed E-state index contributed by atoms with van der Waals surface area (Å²) in [6.07, 6.45) is 1.11. The van der Waals surface area contributed by atoms with Gasteiger partial charge in [-0.3, -0.25) is 0 Å². The maximum Gasteiger partial charge on any atom is 0.0256 e. The van der Waals surface area contributed by atoms with Gasteiger partial charge in [-0.2, -0.15) is 0 Å². The number of nitrogens with zero attached hydrogens (tertiary/aromatic N) is 1. The maximum atomic E-state index is 2.34. The minimum Gasteiger partial charge on any atom is -0.380 e. The Bertz CT molecular complexity index is 405. The Kier molecular flexibility index (Phi) is 2.84. The Morgan fingerprint density at radius 1 is 1.13 bits per heavy atom. The summed E-state index contributed by atoms with van der Waals surface area (Å²) in [7, 11) is 4.28. The van der Waals surface area contributed by atoms with Crippen LogP contribution in [0, 0.1) is 0 Å². The molecule has 0 fully saturated rings. The number of hydrogen-bond acceptors (Lipinski definition) is 1. The van der Waals surface area contributed by atoms with Crippen LogP contribution in [0.4, 0.5) is 0 Å². The molecule has 1 aliphatic carbocycles. The molecule has 0 radical (unpaired) electrons. The summed E-state index contributed by atoms with van der Waals surface area (Å²) < 4.78 is 0. The number of likely N-dealkylation sites (N-methyl/N-ethyl adjacent to an activating group) is 1. The third kappa shape index (κ3) is 1.81. The van der Waals surface area contributed by atoms with Gasteiger partial charge in [-0.25, -0.2) is 0 Å². The van der Waals surface area contributed by atoms with Gasteiger partial charge >= 0.3 is 0 Å². The number of rotatable bonds is 2. The van der Waals surface area contributed by atoms with Crippen LogP contribution in [0.15, 0.2) is 30.0 Å². The fourth-order valence-corrected chi connectivity index (χ4v) is 3.69. The van der Waals surface area contributed by atoms with Crippen molar-refractivity contribution >= 4 is 13.2 Å². The fourth-order valence-electron chi connectivity index (χ4n) is 2.19. The Morgan fingerprint density at radius 2 is 1.80 bits per heavy atom. The van der Waals surface area contributed by atoms with Crippen LogP contribution in [0.5, 0.6) is 0 Å². The first kappa shape index (κ1) is 10.7. The van der Waals surface area contributed by atoms with Gasteiger partial charge in [0.05, 0.1) is 0 Å². The molecule has 2 heteroatoms. The van der Waals surface area contributed by atoms with Crippen LogP contribution < -0.4 is 0 Å². The van der Waals surface area contributed by atoms with Crippen LogP contribution in [-0.2, 0) is 6.42 Å². The van der Waals surface area contributed by atoms with E-state index in [-0.39, 0.29) is 7.92 Å². The molecule has 1 aromatic rings. The first-order valence-corrected chi connectivity index (χ1v) is 7.51. The van der Waals surface area contributed by atoms with Crippen LogP contribution in [0.2, 0.25) is 0 Å². The predicted octanol–water partition coefficient (Wildman–Crippen LogP) is 3.21. The van der Waals surface area contributed by atoms with E-state index >= 15 is 0 Å². The molecule has 0 aromatic heterocycles. The van der Waals surface area contributed by atoms with Gasteiger partial charge in [-0.15, -0.1) is 0 Å². The van der Waals surface area contributed by atoms with Crippen LogP contribution in [0.25, 0.3) is 5.31 Å². The summed E-state index contributed by atoms with van der Waals surface area (Å²) in [6.45, 7) is 4.69. The number of hydrogen-bond donors (Lipinski definition) is 0. The number of fused-ring (bicyclic) bond motifs is 1. The molecule has 0 saturated heterocycles. The maximum absolute atomic E-state index is 2.34. The lowest BCUT2D eigenvalue weighted by molar-refractivity contribution is 0.506. The van der Waals surface area contributed by atoms with Crippen LogP contribution in [-0.4, -0.2) is 32.3 Å². The average molecular weight is 219 g/mol. The Labute approximate surface area is 93.6 Å². The molecule has 2 rings (SSSR count). The highest BCUT2D eigenvalue weighted by Crippen LogP contribution is 2.51. The largest absolute Gasteiger partial charge is 0.380 e. The second-order valence-electron chi connectivity index (χ2n) is 4.42. The van der Waals surface area contributed by atoms with E-state index in [1.54, 1.807) is 5.31 Å². The number of benzene rings is 1. The normalized spacial score (nSPS) is 14.7. The highest BCUT2D eigenvalue weighted by molar-refractivity contribution is 7.67. The number of allylic oxidation sites excluding steroid dienone is 1. The zero-order valence-electron chi connectivity index (χ0n) is 9.91. The molecule has 0 unspecified atom stereocenters. The van der Waals surface area contributed by atoms with E-state index < -0.39 is 0 Å². The SMILES string of the molecule is CN(C)C1=C(P(C)C)c2ccccc2C1. The molecule has 1 nitrogen and oxygen atoms in total. The summed E-state index contributed by atoms with van der Waals surface area (Å²) in [5.74, 6) is 0. The smallest absolute Gasteiger partial charge is 0.0256 e. The first-order chi connectivity index (χ1) is 7.11. The van der Waals surface area contributed by atoms with Gasteiger partial charge in [-0.1, -0.05) is 32.2 Å². The van der Waals surface area contributed by atoms with E-state index in [1.165, 1.54) is 16.8 Å². The zero-order chi connectivity index (χ0) is 11.0. The minimum absolute atomic E-state index is 0.0220. The van der Waals surface area contributed by atoms with Gasteiger partial charge in [0.1, 0.15) is 0 Å². The van der Waals surface area contributed by atoms with E-state index in [0.29, 0.717) is 0 Å². The third-order valence-electron chi connectivity index (χ3n) is 2.89. The minimum atomic E-state index is -0.0220. The van der Waals surface area contributed by atoms with Crippen LogP contribution in [0.1, 0.15) is 11.1 Å². The molecule has 0 atom stereocenters. The van der Waals surface area contributed by atoms with Gasteiger partial charge in [-0.05, 0) is 24.5 Å². The van der Waals surface area contributed by atoms with Gasteiger partial charge in [0.2, 0.25) is 0 Å². The Balaban J connectivity index is 2.53. The van der Waals surface area contributed by atoms with E-state index in [1.807, 2.05) is 0 Å². The molecule has 1 aliphatic rings. The second-order valence-corrected chi connectivity index (χ2v) is 6.65. The molecule has 1 aromatic carbocycles. The Morgan fingerprint density at radius 3 is 2.40 bits per heavy atom. The molecule has 0 bridgehead atoms. The van der Waals surface area contributed by atoms with E-state index in [4.69, 9.17) is 0 Å². The topological polar surface area (TPSA) is 3.24 Å². The van der Waals surface area contributed by atoms with Gasteiger partial charge in [0, 0.05) is 31.5 Å². The summed E-state index contributed by atoms with van der Waals surface area (Å²) in [5.41, 5.74) is 4.48. The summed E-state index contributed by atoms with van der Waals surface area (Å²) in [6, 6.07) is 8.81. The van der Waals surface area contributed by atoms with Crippen molar-refractivity contribution < 1.29 is 0 Å². The molecule has 0 spiro atoms. The molecule has 15 heavy (non-hydrogen) atoms. The van der Waals surface area contributed by atoms with Crippen molar-refractivity contribution in [3.05, 3.63) is 41.1 Å². The summed E-state index contributed by atoms with van der Waals surface area (Å²) in [4.78, 5) is 2.28. The quantitative estimate of drug-likeness (QED) is 0.690. The van der Waals surface area contributed by atoms with Crippen molar-refractivity contribution in [2.45, 2.75) is 6.42 Å². The van der Waals surface area contributed by atoms with E-state index in [0.717, 1.165) is 6.42 Å². The van der Waals surface area contributed by atoms with Gasteiger partial charge in [0.15, 0.2) is 0 Å². The highest BCUT2D eigenvalue weighted by Gasteiger charge is 2.23. The molecule has 0 amide bonds. The summed E-state index contributed by atoms with van der Waals surface area (Å²) in [5, 5.41) is 1.59. The monoisotopic (exact) mass is 219 g/mol. The van der Waals surface area contributed by atoms with Crippen molar-refractivity contribution in [2.75, 3.05) is 27.4 Å². The second kappa shape index (κ2) is 3.98. The molecule has 80 valence electrons. The standard InChI is InChI=1S/C13H18NP/c1-14(2)12-9-10-7-5-6-8-11(10)13(12)15(3)4/h5-8H,9H2,1-4H3. The third-order valence-corrected chi connectivity index (χ3v) is 4.28. The molecule has 0 N–H and O–H groups in total.